The minimum Gasteiger partial charge on any atom is -0.383 e. The Labute approximate surface area is 251 Å². The van der Waals surface area contributed by atoms with Gasteiger partial charge in [-0.3, -0.25) is 14.8 Å². The summed E-state index contributed by atoms with van der Waals surface area (Å²) in [6, 6.07) is 19.9. The summed E-state index contributed by atoms with van der Waals surface area (Å²) in [6.45, 7) is 6.71. The molecule has 6 rings (SSSR count). The predicted molar refractivity (Wildman–Crippen MR) is 163 cm³/mol. The van der Waals surface area contributed by atoms with E-state index in [2.05, 4.69) is 33.4 Å². The number of nitriles is 1. The van der Waals surface area contributed by atoms with Gasteiger partial charge < -0.3 is 19.7 Å². The van der Waals surface area contributed by atoms with Crippen LogP contribution in [-0.4, -0.2) is 65.7 Å². The van der Waals surface area contributed by atoms with Crippen molar-refractivity contribution in [1.82, 2.24) is 25.2 Å². The molecule has 1 amide bonds. The molecule has 0 unspecified atom stereocenters. The molecule has 220 valence electrons. The van der Waals surface area contributed by atoms with E-state index in [4.69, 9.17) is 19.4 Å². The minimum absolute atomic E-state index is 0.219. The number of aromatic nitrogens is 3. The van der Waals surface area contributed by atoms with Gasteiger partial charge in [0.1, 0.15) is 5.41 Å². The summed E-state index contributed by atoms with van der Waals surface area (Å²) in [5.41, 5.74) is 5.82. The lowest BCUT2D eigenvalue weighted by Crippen LogP contribution is -2.35. The van der Waals surface area contributed by atoms with Gasteiger partial charge in [-0.25, -0.2) is 4.98 Å². The van der Waals surface area contributed by atoms with Crippen molar-refractivity contribution in [3.8, 4) is 17.5 Å². The fourth-order valence-corrected chi connectivity index (χ4v) is 5.96. The van der Waals surface area contributed by atoms with Crippen LogP contribution in [0.3, 0.4) is 0 Å². The SMILES string of the molecule is COCCN1CCC(c2cccc(-c3ccc4cnc(CNC(=O)c5ccc6c(c5)[C@](C)(C#N)COC6)cc4n3)n2)CC1. The van der Waals surface area contributed by atoms with Crippen LogP contribution in [0.5, 0.6) is 0 Å². The molecule has 5 heterocycles. The summed E-state index contributed by atoms with van der Waals surface area (Å²) >= 11 is 0. The van der Waals surface area contributed by atoms with Crippen LogP contribution in [0, 0.1) is 11.3 Å². The third-order valence-electron chi connectivity index (χ3n) is 8.57. The van der Waals surface area contributed by atoms with Gasteiger partial charge in [-0.2, -0.15) is 5.26 Å². The molecular weight excluding hydrogens is 540 g/mol. The molecule has 0 saturated carbocycles. The van der Waals surface area contributed by atoms with Crippen LogP contribution in [-0.2, 0) is 28.0 Å². The summed E-state index contributed by atoms with van der Waals surface area (Å²) in [4.78, 5) is 30.0. The number of likely N-dealkylation sites (tertiary alicyclic amines) is 1. The number of fused-ring (bicyclic) bond motifs is 2. The average molecular weight is 577 g/mol. The first kappa shape index (κ1) is 28.9. The van der Waals surface area contributed by atoms with E-state index in [-0.39, 0.29) is 12.5 Å². The smallest absolute Gasteiger partial charge is 0.251 e. The lowest BCUT2D eigenvalue weighted by molar-refractivity contribution is 0.0757. The van der Waals surface area contributed by atoms with Crippen molar-refractivity contribution < 1.29 is 14.3 Å². The molecule has 2 aliphatic rings. The van der Waals surface area contributed by atoms with Crippen LogP contribution < -0.4 is 5.32 Å². The van der Waals surface area contributed by atoms with E-state index in [1.54, 1.807) is 19.4 Å². The van der Waals surface area contributed by atoms with Gasteiger partial charge in [-0.05, 0) is 86.4 Å². The number of benzene rings is 1. The van der Waals surface area contributed by atoms with Crippen LogP contribution in [0.2, 0.25) is 0 Å². The maximum atomic E-state index is 13.0. The van der Waals surface area contributed by atoms with Crippen molar-refractivity contribution >= 4 is 16.8 Å². The van der Waals surface area contributed by atoms with Gasteiger partial charge in [0.15, 0.2) is 0 Å². The Hall–Kier alpha value is -4.23. The van der Waals surface area contributed by atoms with E-state index >= 15 is 0 Å². The van der Waals surface area contributed by atoms with Gasteiger partial charge in [0.25, 0.3) is 5.91 Å². The van der Waals surface area contributed by atoms with E-state index < -0.39 is 5.41 Å². The zero-order valence-corrected chi connectivity index (χ0v) is 24.7. The summed E-state index contributed by atoms with van der Waals surface area (Å²) in [6.07, 6.45) is 3.96. The first-order valence-electron chi connectivity index (χ1n) is 14.8. The Morgan fingerprint density at radius 1 is 1.14 bits per heavy atom. The number of carbonyl (C=O) groups excluding carboxylic acids is 1. The molecule has 1 atom stereocenters. The number of hydrogen-bond acceptors (Lipinski definition) is 8. The molecule has 1 aromatic carbocycles. The summed E-state index contributed by atoms with van der Waals surface area (Å²) in [5, 5.41) is 13.6. The monoisotopic (exact) mass is 576 g/mol. The van der Waals surface area contributed by atoms with E-state index in [1.165, 1.54) is 0 Å². The topological polar surface area (TPSA) is 113 Å². The highest BCUT2D eigenvalue weighted by Gasteiger charge is 2.33. The van der Waals surface area contributed by atoms with E-state index in [9.17, 15) is 10.1 Å². The Morgan fingerprint density at radius 2 is 1.98 bits per heavy atom. The second kappa shape index (κ2) is 12.6. The summed E-state index contributed by atoms with van der Waals surface area (Å²) in [5.74, 6) is 0.222. The number of amides is 1. The minimum atomic E-state index is -0.775. The van der Waals surface area contributed by atoms with Gasteiger partial charge in [0.05, 0.1) is 55.0 Å². The van der Waals surface area contributed by atoms with Crippen LogP contribution in [0.25, 0.3) is 22.3 Å². The fraction of sp³-hybridized carbons (Fsp3) is 0.382. The molecule has 0 spiro atoms. The van der Waals surface area contributed by atoms with Gasteiger partial charge in [-0.1, -0.05) is 12.1 Å². The normalized spacial score (nSPS) is 19.1. The quantitative estimate of drug-likeness (QED) is 0.320. The maximum Gasteiger partial charge on any atom is 0.251 e. The van der Waals surface area contributed by atoms with E-state index in [0.29, 0.717) is 30.4 Å². The highest BCUT2D eigenvalue weighted by molar-refractivity contribution is 5.94. The molecule has 1 fully saturated rings. The standard InChI is InChI=1S/C34H36N6O3/c1-34(21-35)22-43-20-26-7-6-24(16-28(26)34)33(41)37-19-27-17-32-25(18-36-27)8-9-31(39-32)30-5-3-4-29(38-30)23-10-12-40(13-11-23)14-15-42-2/h3-9,16-18,23H,10-15,19-20,22H2,1-2H3,(H,37,41)/t34-/m1/s1. The van der Waals surface area contributed by atoms with Crippen molar-refractivity contribution in [2.24, 2.45) is 0 Å². The van der Waals surface area contributed by atoms with Crippen LogP contribution in [0.4, 0.5) is 0 Å². The van der Waals surface area contributed by atoms with E-state index in [0.717, 1.165) is 78.2 Å². The number of nitrogens with one attached hydrogen (secondary N) is 1. The third kappa shape index (κ3) is 6.27. The Kier molecular flexibility index (Phi) is 8.43. The van der Waals surface area contributed by atoms with Gasteiger partial charge in [0.2, 0.25) is 0 Å². The zero-order valence-electron chi connectivity index (χ0n) is 24.7. The zero-order chi connectivity index (χ0) is 29.8. The number of methoxy groups -OCH3 is 1. The van der Waals surface area contributed by atoms with E-state index in [1.807, 2.05) is 43.3 Å². The number of hydrogen-bond donors (Lipinski definition) is 1. The molecule has 9 heteroatoms. The van der Waals surface area contributed by atoms with Crippen LogP contribution >= 0.6 is 0 Å². The Bertz CT molecular complexity index is 1680. The molecule has 0 aliphatic carbocycles. The highest BCUT2D eigenvalue weighted by Crippen LogP contribution is 2.33. The number of nitrogens with zero attached hydrogens (tertiary/aromatic N) is 5. The van der Waals surface area contributed by atoms with Gasteiger partial charge in [-0.15, -0.1) is 0 Å². The van der Waals surface area contributed by atoms with Crippen LogP contribution in [0.15, 0.2) is 60.8 Å². The highest BCUT2D eigenvalue weighted by atomic mass is 16.5. The molecule has 1 N–H and O–H groups in total. The second-order valence-electron chi connectivity index (χ2n) is 11.6. The third-order valence-corrected chi connectivity index (χ3v) is 8.57. The molecule has 4 aromatic rings. The molecule has 0 bridgehead atoms. The van der Waals surface area contributed by atoms with Crippen molar-refractivity contribution in [2.75, 3.05) is 40.0 Å². The van der Waals surface area contributed by atoms with Crippen molar-refractivity contribution in [1.29, 1.82) is 5.26 Å². The first-order chi connectivity index (χ1) is 21.0. The second-order valence-corrected chi connectivity index (χ2v) is 11.6. The fourth-order valence-electron chi connectivity index (χ4n) is 5.96. The van der Waals surface area contributed by atoms with Crippen molar-refractivity contribution in [3.05, 3.63) is 88.9 Å². The first-order valence-corrected chi connectivity index (χ1v) is 14.8. The lowest BCUT2D eigenvalue weighted by atomic mass is 9.79. The molecule has 3 aromatic heterocycles. The molecule has 1 saturated heterocycles. The number of rotatable bonds is 8. The average Bonchev–Trinajstić information content (AvgIpc) is 3.06. The van der Waals surface area contributed by atoms with Crippen molar-refractivity contribution in [3.63, 3.8) is 0 Å². The molecule has 9 nitrogen and oxygen atoms in total. The van der Waals surface area contributed by atoms with Gasteiger partial charge in [0, 0.05) is 42.4 Å². The van der Waals surface area contributed by atoms with Crippen LogP contribution in [0.1, 0.15) is 58.6 Å². The maximum absolute atomic E-state index is 13.0. The number of carbonyl (C=O) groups is 1. The summed E-state index contributed by atoms with van der Waals surface area (Å²) in [7, 11) is 1.75. The molecular formula is C34H36N6O3. The summed E-state index contributed by atoms with van der Waals surface area (Å²) < 4.78 is 10.8. The lowest BCUT2D eigenvalue weighted by Gasteiger charge is -2.31. The molecule has 0 radical (unpaired) electrons. The van der Waals surface area contributed by atoms with Gasteiger partial charge >= 0.3 is 0 Å². The predicted octanol–water partition coefficient (Wildman–Crippen LogP) is 4.76. The number of pyridine rings is 3. The van der Waals surface area contributed by atoms with Crippen molar-refractivity contribution in [2.45, 2.75) is 44.2 Å². The Morgan fingerprint density at radius 3 is 2.79 bits per heavy atom. The number of ether oxygens (including phenoxy) is 2. The number of piperidine rings is 1. The largest absolute Gasteiger partial charge is 0.383 e. The Balaban J connectivity index is 1.14. The molecule has 43 heavy (non-hydrogen) atoms. The molecule has 2 aliphatic heterocycles.